The van der Waals surface area contributed by atoms with Crippen LogP contribution in [0.25, 0.3) is 0 Å². The summed E-state index contributed by atoms with van der Waals surface area (Å²) in [6.45, 7) is 5.56. The van der Waals surface area contributed by atoms with Gasteiger partial charge >= 0.3 is 0 Å². The molecule has 1 aliphatic rings. The number of thiophene rings is 1. The van der Waals surface area contributed by atoms with Crippen LogP contribution in [0, 0.1) is 6.92 Å². The zero-order valence-electron chi connectivity index (χ0n) is 13.2. The Hall–Kier alpha value is -0.430. The second-order valence-corrected chi connectivity index (χ2v) is 8.71. The van der Waals surface area contributed by atoms with Gasteiger partial charge in [-0.25, -0.2) is 8.42 Å². The molecule has 2 rings (SSSR count). The summed E-state index contributed by atoms with van der Waals surface area (Å²) in [4.78, 5) is 1.47. The van der Waals surface area contributed by atoms with E-state index in [0.29, 0.717) is 11.4 Å². The normalized spacial score (nSPS) is 17.0. The van der Waals surface area contributed by atoms with E-state index < -0.39 is 10.0 Å². The molecule has 0 aromatic carbocycles. The standard InChI is InChI=1S/C15H26N2O2S2/c1-4-9-16-10-14-15(12(2)11-20-14)21(18,19)17(3)13-7-5-6-8-13/h11,13,16H,4-10H2,1-3H3. The first-order valence-electron chi connectivity index (χ1n) is 7.74. The molecule has 1 N–H and O–H groups in total. The summed E-state index contributed by atoms with van der Waals surface area (Å²) >= 11 is 1.55. The Morgan fingerprint density at radius 2 is 2.05 bits per heavy atom. The fourth-order valence-electron chi connectivity index (χ4n) is 2.94. The van der Waals surface area contributed by atoms with Crippen LogP contribution in [-0.2, 0) is 16.6 Å². The molecule has 4 nitrogen and oxygen atoms in total. The minimum Gasteiger partial charge on any atom is -0.312 e. The summed E-state index contributed by atoms with van der Waals surface area (Å²) < 4.78 is 27.5. The zero-order valence-corrected chi connectivity index (χ0v) is 14.8. The zero-order chi connectivity index (χ0) is 15.5. The van der Waals surface area contributed by atoms with Crippen LogP contribution in [-0.4, -0.2) is 32.4 Å². The Morgan fingerprint density at radius 1 is 1.38 bits per heavy atom. The van der Waals surface area contributed by atoms with Gasteiger partial charge in [0, 0.05) is 24.5 Å². The van der Waals surface area contributed by atoms with Crippen molar-refractivity contribution >= 4 is 21.4 Å². The molecule has 0 radical (unpaired) electrons. The maximum Gasteiger partial charge on any atom is 0.244 e. The Balaban J connectivity index is 2.24. The van der Waals surface area contributed by atoms with Crippen molar-refractivity contribution in [2.24, 2.45) is 0 Å². The van der Waals surface area contributed by atoms with Crippen LogP contribution in [0.4, 0.5) is 0 Å². The molecule has 0 atom stereocenters. The summed E-state index contributed by atoms with van der Waals surface area (Å²) in [5.41, 5.74) is 0.873. The van der Waals surface area contributed by atoms with Gasteiger partial charge in [0.25, 0.3) is 0 Å². The van der Waals surface area contributed by atoms with Gasteiger partial charge in [-0.2, -0.15) is 4.31 Å². The van der Waals surface area contributed by atoms with Gasteiger partial charge < -0.3 is 5.32 Å². The Kier molecular flexibility index (Phi) is 5.82. The summed E-state index contributed by atoms with van der Waals surface area (Å²) in [5.74, 6) is 0. The number of nitrogens with zero attached hydrogens (tertiary/aromatic N) is 1. The predicted molar refractivity (Wildman–Crippen MR) is 88.3 cm³/mol. The molecule has 0 unspecified atom stereocenters. The number of nitrogens with one attached hydrogen (secondary N) is 1. The average Bonchev–Trinajstić information content (AvgIpc) is 3.08. The Morgan fingerprint density at radius 3 is 2.67 bits per heavy atom. The molecule has 0 aliphatic heterocycles. The summed E-state index contributed by atoms with van der Waals surface area (Å²) in [6.07, 6.45) is 5.30. The molecule has 6 heteroatoms. The van der Waals surface area contributed by atoms with E-state index in [-0.39, 0.29) is 6.04 Å². The largest absolute Gasteiger partial charge is 0.312 e. The molecule has 120 valence electrons. The van der Waals surface area contributed by atoms with E-state index in [1.54, 1.807) is 22.7 Å². The molecule has 0 bridgehead atoms. The van der Waals surface area contributed by atoms with Crippen molar-refractivity contribution in [3.8, 4) is 0 Å². The van der Waals surface area contributed by atoms with Gasteiger partial charge in [-0.15, -0.1) is 11.3 Å². The highest BCUT2D eigenvalue weighted by Gasteiger charge is 2.33. The van der Waals surface area contributed by atoms with Gasteiger partial charge in [-0.1, -0.05) is 19.8 Å². The molecule has 0 spiro atoms. The van der Waals surface area contributed by atoms with Gasteiger partial charge in [0.1, 0.15) is 4.90 Å². The minimum absolute atomic E-state index is 0.172. The van der Waals surface area contributed by atoms with Crippen molar-refractivity contribution in [2.75, 3.05) is 13.6 Å². The molecule has 21 heavy (non-hydrogen) atoms. The van der Waals surface area contributed by atoms with Crippen molar-refractivity contribution in [1.82, 2.24) is 9.62 Å². The molecule has 1 fully saturated rings. The highest BCUT2D eigenvalue weighted by atomic mass is 32.2. The number of hydrogen-bond acceptors (Lipinski definition) is 4. The number of sulfonamides is 1. The molecular weight excluding hydrogens is 304 g/mol. The van der Waals surface area contributed by atoms with Crippen LogP contribution in [0.3, 0.4) is 0 Å². The monoisotopic (exact) mass is 330 g/mol. The smallest absolute Gasteiger partial charge is 0.244 e. The van der Waals surface area contributed by atoms with Crippen LogP contribution in [0.15, 0.2) is 10.3 Å². The van der Waals surface area contributed by atoms with Gasteiger partial charge in [-0.3, -0.25) is 0 Å². The van der Waals surface area contributed by atoms with Crippen molar-refractivity contribution < 1.29 is 8.42 Å². The van der Waals surface area contributed by atoms with Gasteiger partial charge in [0.2, 0.25) is 10.0 Å². The lowest BCUT2D eigenvalue weighted by Gasteiger charge is -2.24. The van der Waals surface area contributed by atoms with E-state index in [2.05, 4.69) is 12.2 Å². The van der Waals surface area contributed by atoms with Crippen LogP contribution in [0.5, 0.6) is 0 Å². The summed E-state index contributed by atoms with van der Waals surface area (Å²) in [6, 6.07) is 0.172. The fourth-order valence-corrected chi connectivity index (χ4v) is 6.08. The summed E-state index contributed by atoms with van der Waals surface area (Å²) in [5, 5.41) is 5.27. The third-order valence-electron chi connectivity index (χ3n) is 4.18. The first kappa shape index (κ1) is 16.9. The van der Waals surface area contributed by atoms with E-state index in [1.807, 2.05) is 12.3 Å². The van der Waals surface area contributed by atoms with Gasteiger partial charge in [0.15, 0.2) is 0 Å². The van der Waals surface area contributed by atoms with E-state index in [0.717, 1.165) is 49.1 Å². The first-order chi connectivity index (χ1) is 9.98. The highest BCUT2D eigenvalue weighted by molar-refractivity contribution is 7.89. The van der Waals surface area contributed by atoms with Crippen LogP contribution in [0.2, 0.25) is 0 Å². The topological polar surface area (TPSA) is 49.4 Å². The van der Waals surface area contributed by atoms with Gasteiger partial charge in [0.05, 0.1) is 0 Å². The summed E-state index contributed by atoms with van der Waals surface area (Å²) in [7, 11) is -1.63. The molecular formula is C15H26N2O2S2. The van der Waals surface area contributed by atoms with E-state index in [4.69, 9.17) is 0 Å². The molecule has 0 amide bonds. The van der Waals surface area contributed by atoms with Crippen molar-refractivity contribution in [3.63, 3.8) is 0 Å². The fraction of sp³-hybridized carbons (Fsp3) is 0.733. The Labute approximate surface area is 132 Å². The van der Waals surface area contributed by atoms with Crippen LogP contribution >= 0.6 is 11.3 Å². The lowest BCUT2D eigenvalue weighted by molar-refractivity contribution is 0.372. The van der Waals surface area contributed by atoms with Crippen LogP contribution in [0.1, 0.15) is 49.5 Å². The average molecular weight is 331 g/mol. The first-order valence-corrected chi connectivity index (χ1v) is 10.1. The van der Waals surface area contributed by atoms with Crippen LogP contribution < -0.4 is 5.32 Å². The molecule has 1 aromatic rings. The molecule has 1 aromatic heterocycles. The molecule has 1 saturated carbocycles. The Bertz CT molecular complexity index is 560. The number of aryl methyl sites for hydroxylation is 1. The second-order valence-electron chi connectivity index (χ2n) is 5.81. The number of rotatable bonds is 7. The van der Waals surface area contributed by atoms with Crippen molar-refractivity contribution in [1.29, 1.82) is 0 Å². The quantitative estimate of drug-likeness (QED) is 0.782. The minimum atomic E-state index is -3.37. The maximum atomic E-state index is 13.0. The molecule has 1 heterocycles. The van der Waals surface area contributed by atoms with Crippen molar-refractivity contribution in [2.45, 2.75) is 63.4 Å². The highest BCUT2D eigenvalue weighted by Crippen LogP contribution is 2.33. The maximum absolute atomic E-state index is 13.0. The lowest BCUT2D eigenvalue weighted by Crippen LogP contribution is -2.36. The molecule has 1 aliphatic carbocycles. The number of hydrogen-bond donors (Lipinski definition) is 1. The molecule has 0 saturated heterocycles. The SMILES string of the molecule is CCCNCc1scc(C)c1S(=O)(=O)N(C)C1CCCC1. The van der Waals surface area contributed by atoms with Gasteiger partial charge in [-0.05, 0) is 43.7 Å². The lowest BCUT2D eigenvalue weighted by atomic mass is 10.3. The van der Waals surface area contributed by atoms with E-state index >= 15 is 0 Å². The van der Waals surface area contributed by atoms with E-state index in [9.17, 15) is 8.42 Å². The second kappa shape index (κ2) is 7.22. The van der Waals surface area contributed by atoms with E-state index in [1.165, 1.54) is 0 Å². The third-order valence-corrected chi connectivity index (χ3v) is 7.55. The predicted octanol–water partition coefficient (Wildman–Crippen LogP) is 3.12. The van der Waals surface area contributed by atoms with Crippen molar-refractivity contribution in [3.05, 3.63) is 15.8 Å². The third kappa shape index (κ3) is 3.67.